The van der Waals surface area contributed by atoms with Crippen LogP contribution in [0, 0.1) is 0 Å². The van der Waals surface area contributed by atoms with Crippen LogP contribution in [0.3, 0.4) is 0 Å². The van der Waals surface area contributed by atoms with Crippen molar-refractivity contribution in [1.29, 1.82) is 0 Å². The summed E-state index contributed by atoms with van der Waals surface area (Å²) in [6.45, 7) is 0. The maximum atomic E-state index is 10.4. The molecule has 1 heterocycles. The molecule has 0 spiro atoms. The first kappa shape index (κ1) is 11.5. The molecule has 0 aliphatic carbocycles. The van der Waals surface area contributed by atoms with E-state index >= 15 is 0 Å². The van der Waals surface area contributed by atoms with Gasteiger partial charge >= 0.3 is 5.97 Å². The molecule has 5 nitrogen and oxygen atoms in total. The number of hydrogen-bond acceptors (Lipinski definition) is 3. The molecule has 1 aromatic carbocycles. The minimum Gasteiger partial charge on any atom is -0.478 e. The first-order valence-electron chi connectivity index (χ1n) is 4.72. The Morgan fingerprint density at radius 1 is 1.47 bits per heavy atom. The van der Waals surface area contributed by atoms with E-state index in [4.69, 9.17) is 5.11 Å². The van der Waals surface area contributed by atoms with Crippen molar-refractivity contribution >= 4 is 28.0 Å². The minimum absolute atomic E-state index is 0.795. The number of aromatic nitrogens is 3. The summed E-state index contributed by atoms with van der Waals surface area (Å²) >= 11 is 3.41. The normalized spacial score (nSPS) is 10.9. The Kier molecular flexibility index (Phi) is 3.34. The molecule has 0 unspecified atom stereocenters. The van der Waals surface area contributed by atoms with E-state index in [2.05, 4.69) is 26.0 Å². The van der Waals surface area contributed by atoms with Gasteiger partial charge in [-0.15, -0.1) is 0 Å². The zero-order chi connectivity index (χ0) is 12.3. The Bertz CT molecular complexity index is 564. The van der Waals surface area contributed by atoms with E-state index in [9.17, 15) is 4.79 Å². The number of hydrogen-bond donors (Lipinski definition) is 1. The van der Waals surface area contributed by atoms with Gasteiger partial charge in [0.25, 0.3) is 0 Å². The van der Waals surface area contributed by atoms with Crippen molar-refractivity contribution in [2.24, 2.45) is 0 Å². The minimum atomic E-state index is -0.971. The summed E-state index contributed by atoms with van der Waals surface area (Å²) in [6.07, 6.45) is 5.66. The molecule has 0 bridgehead atoms. The van der Waals surface area contributed by atoms with E-state index in [1.807, 2.05) is 12.1 Å². The quantitative estimate of drug-likeness (QED) is 0.880. The maximum absolute atomic E-state index is 10.4. The summed E-state index contributed by atoms with van der Waals surface area (Å²) in [4.78, 5) is 14.3. The zero-order valence-corrected chi connectivity index (χ0v) is 10.2. The van der Waals surface area contributed by atoms with E-state index in [0.29, 0.717) is 0 Å². The third-order valence-corrected chi connectivity index (χ3v) is 2.69. The van der Waals surface area contributed by atoms with Gasteiger partial charge in [-0.3, -0.25) is 0 Å². The average Bonchev–Trinajstić information content (AvgIpc) is 2.79. The largest absolute Gasteiger partial charge is 0.478 e. The van der Waals surface area contributed by atoms with E-state index in [-0.39, 0.29) is 0 Å². The summed E-state index contributed by atoms with van der Waals surface area (Å²) in [7, 11) is 0. The summed E-state index contributed by atoms with van der Waals surface area (Å²) < 4.78 is 2.44. The van der Waals surface area contributed by atoms with Crippen molar-refractivity contribution in [2.45, 2.75) is 0 Å². The van der Waals surface area contributed by atoms with Gasteiger partial charge in [0.1, 0.15) is 12.7 Å². The van der Waals surface area contributed by atoms with E-state index in [1.54, 1.807) is 17.1 Å². The highest BCUT2D eigenvalue weighted by Gasteiger charge is 2.03. The van der Waals surface area contributed by atoms with Crippen LogP contribution < -0.4 is 0 Å². The number of carbonyl (C=O) groups is 1. The first-order valence-corrected chi connectivity index (χ1v) is 5.51. The fourth-order valence-corrected chi connectivity index (χ4v) is 1.89. The van der Waals surface area contributed by atoms with Crippen molar-refractivity contribution in [3.63, 3.8) is 0 Å². The van der Waals surface area contributed by atoms with Crippen LogP contribution in [-0.2, 0) is 4.79 Å². The molecular formula is C11H8BrN3O2. The third kappa shape index (κ3) is 2.79. The highest BCUT2D eigenvalue weighted by atomic mass is 79.9. The Morgan fingerprint density at radius 3 is 2.88 bits per heavy atom. The Hall–Kier alpha value is -1.95. The van der Waals surface area contributed by atoms with Crippen LogP contribution in [0.2, 0.25) is 0 Å². The van der Waals surface area contributed by atoms with Gasteiger partial charge in [0.05, 0.1) is 5.69 Å². The molecule has 0 saturated heterocycles. The molecule has 86 valence electrons. The molecule has 0 atom stereocenters. The second-order valence-corrected chi connectivity index (χ2v) is 4.08. The molecule has 0 aliphatic heterocycles. The molecule has 2 rings (SSSR count). The number of benzene rings is 1. The molecule has 17 heavy (non-hydrogen) atoms. The molecule has 6 heteroatoms. The van der Waals surface area contributed by atoms with Gasteiger partial charge in [0.2, 0.25) is 0 Å². The topological polar surface area (TPSA) is 68.0 Å². The van der Waals surface area contributed by atoms with Gasteiger partial charge in [0.15, 0.2) is 0 Å². The second kappa shape index (κ2) is 4.92. The predicted octanol–water partition coefficient (Wildman–Crippen LogP) is 2.13. The van der Waals surface area contributed by atoms with Crippen molar-refractivity contribution < 1.29 is 9.90 Å². The molecule has 1 aromatic heterocycles. The Morgan fingerprint density at radius 2 is 2.29 bits per heavy atom. The summed E-state index contributed by atoms with van der Waals surface area (Å²) in [5.41, 5.74) is 1.64. The highest BCUT2D eigenvalue weighted by molar-refractivity contribution is 9.10. The lowest BCUT2D eigenvalue weighted by Crippen LogP contribution is -1.95. The molecule has 0 aliphatic rings. The van der Waals surface area contributed by atoms with Gasteiger partial charge in [0, 0.05) is 10.5 Å². The summed E-state index contributed by atoms with van der Waals surface area (Å²) in [6, 6.07) is 5.46. The van der Waals surface area contributed by atoms with E-state index in [1.165, 1.54) is 12.4 Å². The lowest BCUT2D eigenvalue weighted by Gasteiger charge is -2.04. The van der Waals surface area contributed by atoms with Crippen LogP contribution in [0.15, 0.2) is 41.4 Å². The van der Waals surface area contributed by atoms with Gasteiger partial charge in [-0.05, 0) is 39.7 Å². The summed E-state index contributed by atoms with van der Waals surface area (Å²) in [5.74, 6) is -0.971. The number of carboxylic acid groups (broad SMARTS) is 1. The predicted molar refractivity (Wildman–Crippen MR) is 65.7 cm³/mol. The van der Waals surface area contributed by atoms with Gasteiger partial charge < -0.3 is 5.11 Å². The van der Waals surface area contributed by atoms with Gasteiger partial charge in [-0.1, -0.05) is 6.07 Å². The molecule has 0 fully saturated rings. The SMILES string of the molecule is O=C(O)/C=C/c1ccc(-n2cncn2)c(Br)c1. The number of aliphatic carboxylic acids is 1. The smallest absolute Gasteiger partial charge is 0.328 e. The Balaban J connectivity index is 2.32. The van der Waals surface area contributed by atoms with Crippen LogP contribution in [0.1, 0.15) is 5.56 Å². The zero-order valence-electron chi connectivity index (χ0n) is 8.62. The molecule has 1 N–H and O–H groups in total. The molecule has 0 saturated carbocycles. The van der Waals surface area contributed by atoms with Crippen molar-refractivity contribution in [2.75, 3.05) is 0 Å². The maximum Gasteiger partial charge on any atom is 0.328 e. The fourth-order valence-electron chi connectivity index (χ4n) is 1.31. The molecule has 2 aromatic rings. The number of nitrogens with zero attached hydrogens (tertiary/aromatic N) is 3. The Labute approximate surface area is 106 Å². The van der Waals surface area contributed by atoms with Gasteiger partial charge in [-0.2, -0.15) is 5.10 Å². The molecule has 0 radical (unpaired) electrons. The van der Waals surface area contributed by atoms with Crippen LogP contribution in [0.4, 0.5) is 0 Å². The second-order valence-electron chi connectivity index (χ2n) is 3.22. The highest BCUT2D eigenvalue weighted by Crippen LogP contribution is 2.22. The lowest BCUT2D eigenvalue weighted by molar-refractivity contribution is -0.131. The van der Waals surface area contributed by atoms with Crippen molar-refractivity contribution in [1.82, 2.24) is 14.8 Å². The van der Waals surface area contributed by atoms with Crippen LogP contribution >= 0.6 is 15.9 Å². The van der Waals surface area contributed by atoms with E-state index in [0.717, 1.165) is 21.8 Å². The molecule has 0 amide bonds. The standard InChI is InChI=1S/C11H8BrN3O2/c12-9-5-8(2-4-11(16)17)1-3-10(9)15-7-13-6-14-15/h1-7H,(H,16,17)/b4-2+. The lowest BCUT2D eigenvalue weighted by atomic mass is 10.2. The van der Waals surface area contributed by atoms with Gasteiger partial charge in [-0.25, -0.2) is 14.5 Å². The third-order valence-electron chi connectivity index (χ3n) is 2.06. The number of rotatable bonds is 3. The van der Waals surface area contributed by atoms with Crippen molar-refractivity contribution in [3.05, 3.63) is 47.0 Å². The first-order chi connectivity index (χ1) is 8.16. The average molecular weight is 294 g/mol. The van der Waals surface area contributed by atoms with Crippen molar-refractivity contribution in [3.8, 4) is 5.69 Å². The van der Waals surface area contributed by atoms with E-state index < -0.39 is 5.97 Å². The fraction of sp³-hybridized carbons (Fsp3) is 0. The van der Waals surface area contributed by atoms with Crippen LogP contribution in [-0.4, -0.2) is 25.8 Å². The monoisotopic (exact) mass is 293 g/mol. The molecular weight excluding hydrogens is 286 g/mol. The van der Waals surface area contributed by atoms with Crippen LogP contribution in [0.25, 0.3) is 11.8 Å². The number of carboxylic acids is 1. The summed E-state index contributed by atoms with van der Waals surface area (Å²) in [5, 5.41) is 12.5. The number of halogens is 1. The van der Waals surface area contributed by atoms with Crippen LogP contribution in [0.5, 0.6) is 0 Å².